The Kier molecular flexibility index (Phi) is 4.50. The Morgan fingerprint density at radius 1 is 1.10 bits per heavy atom. The van der Waals surface area contributed by atoms with E-state index in [0.717, 1.165) is 15.6 Å². The molecule has 0 aliphatic carbocycles. The third-order valence-corrected chi connectivity index (χ3v) is 5.23. The first-order chi connectivity index (χ1) is 9.37. The third-order valence-electron chi connectivity index (χ3n) is 2.99. The summed E-state index contributed by atoms with van der Waals surface area (Å²) < 4.78 is 25.3. The first kappa shape index (κ1) is 15.1. The summed E-state index contributed by atoms with van der Waals surface area (Å²) in [6.45, 7) is 1.95. The molecule has 0 atom stereocenters. The van der Waals surface area contributed by atoms with Crippen LogP contribution in [0.15, 0.2) is 46.9 Å². The molecule has 2 aromatic rings. The average Bonchev–Trinajstić information content (AvgIpc) is 2.33. The Labute approximate surface area is 127 Å². The standard InChI is InChI=1S/C15H16BrNO2S/c1-11-4-2-5-12(8-11)9-20(18,19)10-13-14(16)6-3-7-15(13)17/h2-8H,9-10,17H2,1H3. The number of benzene rings is 2. The minimum atomic E-state index is -3.26. The van der Waals surface area contributed by atoms with Crippen LogP contribution in [-0.2, 0) is 21.3 Å². The van der Waals surface area contributed by atoms with E-state index in [-0.39, 0.29) is 11.5 Å². The van der Waals surface area contributed by atoms with Crippen LogP contribution in [0.4, 0.5) is 5.69 Å². The molecule has 0 spiro atoms. The van der Waals surface area contributed by atoms with Crippen molar-refractivity contribution in [2.24, 2.45) is 0 Å². The van der Waals surface area contributed by atoms with Gasteiger partial charge in [0.1, 0.15) is 0 Å². The molecule has 0 heterocycles. The average molecular weight is 354 g/mol. The molecule has 0 saturated carbocycles. The first-order valence-corrected chi connectivity index (χ1v) is 8.78. The van der Waals surface area contributed by atoms with Crippen LogP contribution in [0.1, 0.15) is 16.7 Å². The van der Waals surface area contributed by atoms with E-state index in [0.29, 0.717) is 11.3 Å². The Morgan fingerprint density at radius 3 is 2.45 bits per heavy atom. The van der Waals surface area contributed by atoms with Crippen LogP contribution < -0.4 is 5.73 Å². The van der Waals surface area contributed by atoms with E-state index < -0.39 is 9.84 Å². The molecule has 106 valence electrons. The highest BCUT2D eigenvalue weighted by atomic mass is 79.9. The van der Waals surface area contributed by atoms with E-state index in [1.54, 1.807) is 18.2 Å². The van der Waals surface area contributed by atoms with Crippen LogP contribution in [-0.4, -0.2) is 8.42 Å². The van der Waals surface area contributed by atoms with Crippen LogP contribution in [0.25, 0.3) is 0 Å². The maximum absolute atomic E-state index is 12.3. The molecule has 0 aliphatic rings. The second-order valence-electron chi connectivity index (χ2n) is 4.83. The van der Waals surface area contributed by atoms with Crippen molar-refractivity contribution < 1.29 is 8.42 Å². The van der Waals surface area contributed by atoms with Crippen molar-refractivity contribution in [3.05, 3.63) is 63.6 Å². The highest BCUT2D eigenvalue weighted by Gasteiger charge is 2.17. The van der Waals surface area contributed by atoms with Gasteiger partial charge in [0.15, 0.2) is 9.84 Å². The Morgan fingerprint density at radius 2 is 1.80 bits per heavy atom. The van der Waals surface area contributed by atoms with Crippen molar-refractivity contribution >= 4 is 31.5 Å². The molecule has 0 amide bonds. The fourth-order valence-corrected chi connectivity index (χ4v) is 4.31. The van der Waals surface area contributed by atoms with Gasteiger partial charge in [-0.25, -0.2) is 8.42 Å². The molecule has 2 N–H and O–H groups in total. The van der Waals surface area contributed by atoms with Crippen LogP contribution in [0.2, 0.25) is 0 Å². The molecule has 0 aliphatic heterocycles. The number of halogens is 1. The van der Waals surface area contributed by atoms with Gasteiger partial charge in [0.05, 0.1) is 11.5 Å². The molecule has 0 aromatic heterocycles. The van der Waals surface area contributed by atoms with E-state index >= 15 is 0 Å². The van der Waals surface area contributed by atoms with Crippen LogP contribution in [0, 0.1) is 6.92 Å². The predicted molar refractivity (Wildman–Crippen MR) is 86.1 cm³/mol. The molecule has 3 nitrogen and oxygen atoms in total. The summed E-state index contributed by atoms with van der Waals surface area (Å²) in [5.74, 6) is -0.0380. The zero-order valence-electron chi connectivity index (χ0n) is 11.1. The van der Waals surface area contributed by atoms with Gasteiger partial charge in [0, 0.05) is 15.7 Å². The Hall–Kier alpha value is -1.33. The van der Waals surface area contributed by atoms with Gasteiger partial charge in [-0.2, -0.15) is 0 Å². The van der Waals surface area contributed by atoms with Crippen molar-refractivity contribution in [1.29, 1.82) is 0 Å². The fraction of sp³-hybridized carbons (Fsp3) is 0.200. The molecular weight excluding hydrogens is 338 g/mol. The van der Waals surface area contributed by atoms with E-state index in [1.165, 1.54) is 0 Å². The lowest BCUT2D eigenvalue weighted by molar-refractivity contribution is 0.594. The van der Waals surface area contributed by atoms with Gasteiger partial charge in [-0.1, -0.05) is 51.8 Å². The van der Waals surface area contributed by atoms with Gasteiger partial charge in [0.2, 0.25) is 0 Å². The second kappa shape index (κ2) is 5.97. The molecule has 0 bridgehead atoms. The van der Waals surface area contributed by atoms with Crippen molar-refractivity contribution in [1.82, 2.24) is 0 Å². The van der Waals surface area contributed by atoms with Crippen molar-refractivity contribution in [3.63, 3.8) is 0 Å². The minimum Gasteiger partial charge on any atom is -0.398 e. The minimum absolute atomic E-state index is 0.0233. The maximum atomic E-state index is 12.3. The zero-order valence-corrected chi connectivity index (χ0v) is 13.5. The topological polar surface area (TPSA) is 60.2 Å². The molecule has 0 fully saturated rings. The summed E-state index contributed by atoms with van der Waals surface area (Å²) in [7, 11) is -3.26. The van der Waals surface area contributed by atoms with E-state index in [9.17, 15) is 8.42 Å². The van der Waals surface area contributed by atoms with Crippen LogP contribution in [0.5, 0.6) is 0 Å². The Bertz CT molecular complexity index is 706. The van der Waals surface area contributed by atoms with Crippen molar-refractivity contribution in [3.8, 4) is 0 Å². The molecule has 5 heteroatoms. The zero-order chi connectivity index (χ0) is 14.8. The highest BCUT2D eigenvalue weighted by molar-refractivity contribution is 9.10. The monoisotopic (exact) mass is 353 g/mol. The summed E-state index contributed by atoms with van der Waals surface area (Å²) >= 11 is 3.35. The Balaban J connectivity index is 2.24. The highest BCUT2D eigenvalue weighted by Crippen LogP contribution is 2.25. The third kappa shape index (κ3) is 3.84. The van der Waals surface area contributed by atoms with Gasteiger partial charge < -0.3 is 5.73 Å². The number of nitrogen functional groups attached to an aromatic ring is 1. The van der Waals surface area contributed by atoms with Gasteiger partial charge in [-0.3, -0.25) is 0 Å². The summed E-state index contributed by atoms with van der Waals surface area (Å²) in [5.41, 5.74) is 8.82. The molecule has 2 rings (SSSR count). The molecule has 2 aromatic carbocycles. The number of sulfone groups is 1. The normalized spacial score (nSPS) is 11.5. The second-order valence-corrected chi connectivity index (χ2v) is 7.75. The van der Waals surface area contributed by atoms with E-state index in [2.05, 4.69) is 15.9 Å². The number of hydrogen-bond donors (Lipinski definition) is 1. The molecule has 0 radical (unpaired) electrons. The van der Waals surface area contributed by atoms with E-state index in [1.807, 2.05) is 31.2 Å². The molecule has 0 saturated heterocycles. The van der Waals surface area contributed by atoms with Gasteiger partial charge >= 0.3 is 0 Å². The lowest BCUT2D eigenvalue weighted by Gasteiger charge is -2.09. The first-order valence-electron chi connectivity index (χ1n) is 6.16. The summed E-state index contributed by atoms with van der Waals surface area (Å²) in [5, 5.41) is 0. The lowest BCUT2D eigenvalue weighted by atomic mass is 10.2. The summed E-state index contributed by atoms with van der Waals surface area (Å²) in [4.78, 5) is 0. The van der Waals surface area contributed by atoms with Gasteiger partial charge in [0.25, 0.3) is 0 Å². The lowest BCUT2D eigenvalue weighted by Crippen LogP contribution is -2.10. The molecule has 0 unspecified atom stereocenters. The number of anilines is 1. The SMILES string of the molecule is Cc1cccc(CS(=O)(=O)Cc2c(N)cccc2Br)c1. The van der Waals surface area contributed by atoms with Crippen LogP contribution in [0.3, 0.4) is 0 Å². The summed E-state index contributed by atoms with van der Waals surface area (Å²) in [6, 6.07) is 12.8. The number of nitrogens with two attached hydrogens (primary N) is 1. The fourth-order valence-electron chi connectivity index (χ4n) is 2.05. The molecule has 20 heavy (non-hydrogen) atoms. The number of hydrogen-bond acceptors (Lipinski definition) is 3. The largest absolute Gasteiger partial charge is 0.398 e. The van der Waals surface area contributed by atoms with Crippen molar-refractivity contribution in [2.45, 2.75) is 18.4 Å². The maximum Gasteiger partial charge on any atom is 0.158 e. The van der Waals surface area contributed by atoms with Crippen molar-refractivity contribution in [2.75, 3.05) is 5.73 Å². The van der Waals surface area contributed by atoms with E-state index in [4.69, 9.17) is 5.73 Å². The quantitative estimate of drug-likeness (QED) is 0.856. The number of aryl methyl sites for hydroxylation is 1. The molecular formula is C15H16BrNO2S. The predicted octanol–water partition coefficient (Wildman–Crippen LogP) is 3.45. The van der Waals surface area contributed by atoms with Gasteiger partial charge in [-0.15, -0.1) is 0 Å². The number of rotatable bonds is 4. The summed E-state index contributed by atoms with van der Waals surface area (Å²) in [6.07, 6.45) is 0. The van der Waals surface area contributed by atoms with Gasteiger partial charge in [-0.05, 0) is 24.6 Å². The smallest absolute Gasteiger partial charge is 0.158 e. The van der Waals surface area contributed by atoms with Crippen LogP contribution >= 0.6 is 15.9 Å².